The zero-order valence-corrected chi connectivity index (χ0v) is 18.0. The van der Waals surface area contributed by atoms with Crippen molar-refractivity contribution in [2.24, 2.45) is 5.92 Å². The standard InChI is InChI=1S/C23H26N2O2.2ClH/c26-23(27)20-8-6-18(7-9-20)16-25-12-10-17(11-13-25)15-24-22-14-21(22)19-4-2-1-3-5-19;;/h1-9,17,24H,10-16H2,(H,26,27);2*1H. The number of halogens is 2. The normalized spacial score (nSPS) is 16.6. The molecule has 1 aliphatic heterocycles. The minimum atomic E-state index is -0.865. The van der Waals surface area contributed by atoms with Gasteiger partial charge in [-0.05, 0) is 60.7 Å². The van der Waals surface area contributed by atoms with E-state index in [1.807, 2.05) is 12.1 Å². The average molecular weight is 435 g/mol. The highest BCUT2D eigenvalue weighted by molar-refractivity contribution is 5.87. The molecule has 2 aromatic rings. The zero-order chi connectivity index (χ0) is 18.6. The van der Waals surface area contributed by atoms with Gasteiger partial charge in [-0.3, -0.25) is 4.90 Å². The lowest BCUT2D eigenvalue weighted by molar-refractivity contribution is 0.0697. The van der Waals surface area contributed by atoms with E-state index in [1.165, 1.54) is 35.2 Å². The second-order valence-electron chi connectivity index (χ2n) is 7.60. The summed E-state index contributed by atoms with van der Waals surface area (Å²) < 4.78 is 0. The molecule has 0 amide bonds. The highest BCUT2D eigenvalue weighted by Gasteiger charge is 2.25. The number of carboxylic acids is 1. The molecular weight excluding hydrogens is 407 g/mol. The highest BCUT2D eigenvalue weighted by atomic mass is 35.5. The maximum atomic E-state index is 10.9. The summed E-state index contributed by atoms with van der Waals surface area (Å²) in [6, 6.07) is 17.9. The summed E-state index contributed by atoms with van der Waals surface area (Å²) in [5.41, 5.74) is 5.78. The van der Waals surface area contributed by atoms with E-state index >= 15 is 0 Å². The van der Waals surface area contributed by atoms with Gasteiger partial charge in [-0.2, -0.15) is 0 Å². The van der Waals surface area contributed by atoms with E-state index in [1.54, 1.807) is 12.1 Å². The van der Waals surface area contributed by atoms with Crippen LogP contribution in [0.4, 0.5) is 0 Å². The maximum absolute atomic E-state index is 10.9. The third kappa shape index (κ3) is 6.23. The Hall–Kier alpha value is -2.01. The second kappa shape index (κ2) is 10.7. The summed E-state index contributed by atoms with van der Waals surface area (Å²) in [5.74, 6) is -0.128. The number of nitrogens with one attached hydrogen (secondary N) is 1. The van der Waals surface area contributed by atoms with Gasteiger partial charge in [0.15, 0.2) is 0 Å². The molecule has 4 nitrogen and oxygen atoms in total. The van der Waals surface area contributed by atoms with Crippen LogP contribution in [0.15, 0.2) is 60.3 Å². The minimum Gasteiger partial charge on any atom is -0.478 e. The van der Waals surface area contributed by atoms with Crippen molar-refractivity contribution < 1.29 is 9.90 Å². The summed E-state index contributed by atoms with van der Waals surface area (Å²) in [6.45, 7) is 4.20. The number of benzene rings is 2. The van der Waals surface area contributed by atoms with Crippen molar-refractivity contribution in [3.63, 3.8) is 0 Å². The molecule has 1 heterocycles. The van der Waals surface area contributed by atoms with E-state index in [-0.39, 0.29) is 24.8 Å². The predicted octanol–water partition coefficient (Wildman–Crippen LogP) is 4.85. The third-order valence-electron chi connectivity index (χ3n) is 5.63. The quantitative estimate of drug-likeness (QED) is 0.653. The van der Waals surface area contributed by atoms with Crippen LogP contribution < -0.4 is 5.32 Å². The Balaban J connectivity index is 0.00000150. The van der Waals surface area contributed by atoms with Crippen LogP contribution in [0.1, 0.15) is 40.7 Å². The first-order chi connectivity index (χ1) is 13.2. The van der Waals surface area contributed by atoms with Gasteiger partial charge in [0, 0.05) is 25.2 Å². The molecule has 0 radical (unpaired) electrons. The molecule has 29 heavy (non-hydrogen) atoms. The van der Waals surface area contributed by atoms with Crippen molar-refractivity contribution in [2.45, 2.75) is 25.8 Å². The molecule has 1 saturated heterocycles. The summed E-state index contributed by atoms with van der Waals surface area (Å²) in [5, 5.41) is 12.6. The van der Waals surface area contributed by atoms with Crippen molar-refractivity contribution >= 4 is 36.4 Å². The Morgan fingerprint density at radius 1 is 1.00 bits per heavy atom. The van der Waals surface area contributed by atoms with Crippen molar-refractivity contribution in [3.8, 4) is 0 Å². The van der Waals surface area contributed by atoms with Gasteiger partial charge in [-0.15, -0.1) is 24.8 Å². The van der Waals surface area contributed by atoms with Crippen LogP contribution in [0.5, 0.6) is 0 Å². The van der Waals surface area contributed by atoms with Crippen LogP contribution >= 0.6 is 24.8 Å². The molecule has 0 aromatic heterocycles. The number of carboxylic acid groups (broad SMARTS) is 1. The number of hydrogen-bond acceptors (Lipinski definition) is 3. The highest BCUT2D eigenvalue weighted by Crippen LogP contribution is 2.37. The Morgan fingerprint density at radius 2 is 1.66 bits per heavy atom. The zero-order valence-electron chi connectivity index (χ0n) is 16.3. The SMILES string of the molecule is Cl.Cl.O=C(O)c1ccc(CN2CCC(CNC3=C(c4ccccc4)C3)CC2)cc1. The number of allylic oxidation sites excluding steroid dienone is 2. The number of nitrogens with zero attached hydrogens (tertiary/aromatic N) is 1. The predicted molar refractivity (Wildman–Crippen MR) is 122 cm³/mol. The summed E-state index contributed by atoms with van der Waals surface area (Å²) in [4.78, 5) is 13.4. The van der Waals surface area contributed by atoms with Crippen LogP contribution in [0.25, 0.3) is 5.57 Å². The Kier molecular flexibility index (Phi) is 8.57. The van der Waals surface area contributed by atoms with E-state index in [4.69, 9.17) is 5.11 Å². The van der Waals surface area contributed by atoms with Gasteiger partial charge < -0.3 is 10.4 Å². The van der Waals surface area contributed by atoms with E-state index in [0.29, 0.717) is 5.56 Å². The van der Waals surface area contributed by atoms with Crippen LogP contribution in [-0.2, 0) is 6.54 Å². The van der Waals surface area contributed by atoms with Crippen LogP contribution in [0.2, 0.25) is 0 Å². The molecule has 0 saturated carbocycles. The monoisotopic (exact) mass is 434 g/mol. The molecule has 2 aliphatic rings. The molecule has 1 fully saturated rings. The van der Waals surface area contributed by atoms with Gasteiger partial charge >= 0.3 is 5.97 Å². The van der Waals surface area contributed by atoms with Gasteiger partial charge in [0.1, 0.15) is 0 Å². The molecule has 0 bridgehead atoms. The number of piperidine rings is 1. The molecule has 156 valence electrons. The lowest BCUT2D eigenvalue weighted by Gasteiger charge is -2.32. The van der Waals surface area contributed by atoms with Gasteiger partial charge in [-0.25, -0.2) is 4.79 Å². The van der Waals surface area contributed by atoms with Crippen molar-refractivity contribution in [1.29, 1.82) is 0 Å². The molecule has 0 atom stereocenters. The number of likely N-dealkylation sites (tertiary alicyclic amines) is 1. The fourth-order valence-corrected chi connectivity index (χ4v) is 3.84. The molecule has 2 N–H and O–H groups in total. The molecule has 1 aliphatic carbocycles. The smallest absolute Gasteiger partial charge is 0.335 e. The fourth-order valence-electron chi connectivity index (χ4n) is 3.84. The average Bonchev–Trinajstić information content (AvgIpc) is 3.48. The molecule has 6 heteroatoms. The van der Waals surface area contributed by atoms with Crippen molar-refractivity contribution in [3.05, 3.63) is 77.0 Å². The first-order valence-electron chi connectivity index (χ1n) is 9.75. The van der Waals surface area contributed by atoms with Crippen LogP contribution in [-0.4, -0.2) is 35.6 Å². The summed E-state index contributed by atoms with van der Waals surface area (Å²) in [6.07, 6.45) is 3.54. The first kappa shape index (κ1) is 23.3. The Labute approximate surface area is 184 Å². The van der Waals surface area contributed by atoms with E-state index < -0.39 is 5.97 Å². The van der Waals surface area contributed by atoms with E-state index in [2.05, 4.69) is 40.5 Å². The number of aromatic carboxylic acids is 1. The van der Waals surface area contributed by atoms with Crippen LogP contribution in [0, 0.1) is 5.92 Å². The lowest BCUT2D eigenvalue weighted by Crippen LogP contribution is -2.36. The maximum Gasteiger partial charge on any atom is 0.335 e. The van der Waals surface area contributed by atoms with Crippen molar-refractivity contribution in [1.82, 2.24) is 10.2 Å². The van der Waals surface area contributed by atoms with Crippen LogP contribution in [0.3, 0.4) is 0 Å². The lowest BCUT2D eigenvalue weighted by atomic mass is 9.96. The number of rotatable bonds is 7. The van der Waals surface area contributed by atoms with E-state index in [9.17, 15) is 4.79 Å². The van der Waals surface area contributed by atoms with Gasteiger partial charge in [0.25, 0.3) is 0 Å². The molecule has 2 aromatic carbocycles. The Bertz CT molecular complexity index is 830. The molecule has 0 unspecified atom stereocenters. The molecule has 0 spiro atoms. The summed E-state index contributed by atoms with van der Waals surface area (Å²) in [7, 11) is 0. The van der Waals surface area contributed by atoms with Crippen molar-refractivity contribution in [2.75, 3.05) is 19.6 Å². The largest absolute Gasteiger partial charge is 0.478 e. The molecule has 4 rings (SSSR count). The van der Waals surface area contributed by atoms with E-state index in [0.717, 1.165) is 38.5 Å². The fraction of sp³-hybridized carbons (Fsp3) is 0.348. The number of hydrogen-bond donors (Lipinski definition) is 2. The van der Waals surface area contributed by atoms with Gasteiger partial charge in [0.05, 0.1) is 5.56 Å². The topological polar surface area (TPSA) is 52.6 Å². The molecular formula is C23H28Cl2N2O2. The van der Waals surface area contributed by atoms with Gasteiger partial charge in [-0.1, -0.05) is 42.5 Å². The minimum absolute atomic E-state index is 0. The number of carbonyl (C=O) groups is 1. The third-order valence-corrected chi connectivity index (χ3v) is 5.63. The first-order valence-corrected chi connectivity index (χ1v) is 9.75. The second-order valence-corrected chi connectivity index (χ2v) is 7.60. The Morgan fingerprint density at radius 3 is 2.28 bits per heavy atom. The van der Waals surface area contributed by atoms with Gasteiger partial charge in [0.2, 0.25) is 0 Å². The summed E-state index contributed by atoms with van der Waals surface area (Å²) >= 11 is 0.